The van der Waals surface area contributed by atoms with Crippen LogP contribution in [0.1, 0.15) is 39.5 Å². The van der Waals surface area contributed by atoms with Crippen LogP contribution in [0.3, 0.4) is 0 Å². The first-order valence-corrected chi connectivity index (χ1v) is 6.64. The van der Waals surface area contributed by atoms with Crippen molar-refractivity contribution >= 4 is 11.8 Å². The van der Waals surface area contributed by atoms with Gasteiger partial charge >= 0.3 is 0 Å². The van der Waals surface area contributed by atoms with Gasteiger partial charge in [-0.25, -0.2) is 0 Å². The highest BCUT2D eigenvalue weighted by atomic mass is 32.2. The van der Waals surface area contributed by atoms with Crippen molar-refractivity contribution in [1.82, 2.24) is 5.32 Å². The van der Waals surface area contributed by atoms with Crippen molar-refractivity contribution < 1.29 is 0 Å². The summed E-state index contributed by atoms with van der Waals surface area (Å²) in [5.74, 6) is 2.47. The molecule has 1 N–H and O–H groups in total. The molecule has 0 bridgehead atoms. The molecule has 1 atom stereocenters. The van der Waals surface area contributed by atoms with Gasteiger partial charge in [-0.1, -0.05) is 6.92 Å². The molecule has 3 heteroatoms. The van der Waals surface area contributed by atoms with Gasteiger partial charge in [0.25, 0.3) is 0 Å². The zero-order chi connectivity index (χ0) is 10.6. The van der Waals surface area contributed by atoms with Crippen molar-refractivity contribution in [3.05, 3.63) is 0 Å². The molecular weight excluding hydrogens is 192 g/mol. The molecule has 2 nitrogen and oxygen atoms in total. The minimum absolute atomic E-state index is 0.621. The maximum absolute atomic E-state index is 8.34. The molecule has 0 amide bonds. The number of hydrogen-bond donors (Lipinski definition) is 1. The summed E-state index contributed by atoms with van der Waals surface area (Å²) in [6.07, 6.45) is 4.09. The number of nitrogens with one attached hydrogen (secondary N) is 1. The monoisotopic (exact) mass is 214 g/mol. The Kier molecular flexibility index (Phi) is 10.7. The fourth-order valence-electron chi connectivity index (χ4n) is 1.18. The number of unbranched alkanes of at least 4 members (excludes halogenated alkanes) is 2. The summed E-state index contributed by atoms with van der Waals surface area (Å²) < 4.78 is 0. The molecule has 82 valence electrons. The van der Waals surface area contributed by atoms with Crippen LogP contribution in [0.15, 0.2) is 0 Å². The van der Waals surface area contributed by atoms with Crippen LogP contribution in [0.4, 0.5) is 0 Å². The van der Waals surface area contributed by atoms with Crippen LogP contribution in [-0.4, -0.2) is 24.1 Å². The summed E-state index contributed by atoms with van der Waals surface area (Å²) in [6.45, 7) is 5.49. The van der Waals surface area contributed by atoms with Crippen LogP contribution in [0.25, 0.3) is 0 Å². The van der Waals surface area contributed by atoms with Crippen molar-refractivity contribution in [3.63, 3.8) is 0 Å². The fourth-order valence-corrected chi connectivity index (χ4v) is 1.99. The zero-order valence-electron chi connectivity index (χ0n) is 9.38. The minimum atomic E-state index is 0.621. The molecule has 0 saturated heterocycles. The summed E-state index contributed by atoms with van der Waals surface area (Å²) in [5.41, 5.74) is 0. The number of thioether (sulfide) groups is 1. The van der Waals surface area contributed by atoms with E-state index in [4.69, 9.17) is 5.26 Å². The largest absolute Gasteiger partial charge is 0.314 e. The van der Waals surface area contributed by atoms with Gasteiger partial charge < -0.3 is 5.32 Å². The fraction of sp³-hybridized carbons (Fsp3) is 0.909. The van der Waals surface area contributed by atoms with Gasteiger partial charge in [0.2, 0.25) is 0 Å². The molecule has 0 heterocycles. The summed E-state index contributed by atoms with van der Waals surface area (Å²) >= 11 is 2.00. The van der Waals surface area contributed by atoms with E-state index in [9.17, 15) is 0 Å². The highest BCUT2D eigenvalue weighted by molar-refractivity contribution is 7.99. The van der Waals surface area contributed by atoms with Gasteiger partial charge in [0.1, 0.15) is 0 Å². The van der Waals surface area contributed by atoms with Crippen LogP contribution < -0.4 is 5.32 Å². The SMILES string of the molecule is CCSCCC(C)NCCCCC#N. The highest BCUT2D eigenvalue weighted by Gasteiger charge is 1.99. The molecule has 0 aromatic rings. The standard InChI is InChI=1S/C11H22N2S/c1-3-14-10-7-11(2)13-9-6-4-5-8-12/h11,13H,3-7,9-10H2,1-2H3. The maximum Gasteiger partial charge on any atom is 0.0621 e. The van der Waals surface area contributed by atoms with E-state index in [1.54, 1.807) is 0 Å². The summed E-state index contributed by atoms with van der Waals surface area (Å²) in [4.78, 5) is 0. The zero-order valence-corrected chi connectivity index (χ0v) is 10.2. The molecule has 0 saturated carbocycles. The lowest BCUT2D eigenvalue weighted by atomic mass is 10.2. The topological polar surface area (TPSA) is 35.8 Å². The van der Waals surface area contributed by atoms with Crippen molar-refractivity contribution in [1.29, 1.82) is 5.26 Å². The molecule has 0 aliphatic rings. The van der Waals surface area contributed by atoms with E-state index in [0.717, 1.165) is 19.4 Å². The van der Waals surface area contributed by atoms with E-state index in [-0.39, 0.29) is 0 Å². The average molecular weight is 214 g/mol. The average Bonchev–Trinajstić information content (AvgIpc) is 2.18. The molecule has 0 spiro atoms. The second kappa shape index (κ2) is 10.9. The first-order valence-electron chi connectivity index (χ1n) is 5.49. The van der Waals surface area contributed by atoms with Gasteiger partial charge in [-0.05, 0) is 44.2 Å². The van der Waals surface area contributed by atoms with Crippen LogP contribution in [0.2, 0.25) is 0 Å². The van der Waals surface area contributed by atoms with Crippen LogP contribution in [-0.2, 0) is 0 Å². The molecule has 0 rings (SSSR count). The first kappa shape index (κ1) is 13.8. The van der Waals surface area contributed by atoms with Gasteiger partial charge in [0, 0.05) is 12.5 Å². The lowest BCUT2D eigenvalue weighted by molar-refractivity contribution is 0.520. The molecule has 0 aromatic carbocycles. The molecular formula is C11H22N2S. The van der Waals surface area contributed by atoms with E-state index >= 15 is 0 Å². The van der Waals surface area contributed by atoms with E-state index in [0.29, 0.717) is 12.5 Å². The third-order valence-electron chi connectivity index (χ3n) is 2.11. The van der Waals surface area contributed by atoms with Crippen LogP contribution in [0, 0.1) is 11.3 Å². The normalized spacial score (nSPS) is 12.4. The Morgan fingerprint density at radius 3 is 2.86 bits per heavy atom. The van der Waals surface area contributed by atoms with Gasteiger partial charge in [0.15, 0.2) is 0 Å². The van der Waals surface area contributed by atoms with Crippen LogP contribution >= 0.6 is 11.8 Å². The number of rotatable bonds is 9. The Morgan fingerprint density at radius 2 is 2.21 bits per heavy atom. The Bertz CT molecular complexity index is 154. The number of nitrogens with zero attached hydrogens (tertiary/aromatic N) is 1. The minimum Gasteiger partial charge on any atom is -0.314 e. The molecule has 1 unspecified atom stereocenters. The number of nitriles is 1. The second-order valence-electron chi connectivity index (χ2n) is 3.46. The molecule has 0 aliphatic carbocycles. The van der Waals surface area contributed by atoms with Crippen molar-refractivity contribution in [2.75, 3.05) is 18.1 Å². The van der Waals surface area contributed by atoms with Gasteiger partial charge in [-0.3, -0.25) is 0 Å². The predicted molar refractivity (Wildman–Crippen MR) is 64.5 cm³/mol. The predicted octanol–water partition coefficient (Wildman–Crippen LogP) is 2.80. The van der Waals surface area contributed by atoms with Gasteiger partial charge in [0.05, 0.1) is 6.07 Å². The van der Waals surface area contributed by atoms with Crippen LogP contribution in [0.5, 0.6) is 0 Å². The Morgan fingerprint density at radius 1 is 1.43 bits per heavy atom. The number of hydrogen-bond acceptors (Lipinski definition) is 3. The smallest absolute Gasteiger partial charge is 0.0621 e. The Hall–Kier alpha value is -0.200. The molecule has 0 aliphatic heterocycles. The first-order chi connectivity index (χ1) is 6.81. The van der Waals surface area contributed by atoms with Crippen molar-refractivity contribution in [2.24, 2.45) is 0 Å². The lowest BCUT2D eigenvalue weighted by Crippen LogP contribution is -2.27. The van der Waals surface area contributed by atoms with Crippen molar-refractivity contribution in [2.45, 2.75) is 45.6 Å². The van der Waals surface area contributed by atoms with Gasteiger partial charge in [-0.15, -0.1) is 0 Å². The van der Waals surface area contributed by atoms with Crippen molar-refractivity contribution in [3.8, 4) is 6.07 Å². The van der Waals surface area contributed by atoms with E-state index in [1.807, 2.05) is 11.8 Å². The van der Waals surface area contributed by atoms with Gasteiger partial charge in [-0.2, -0.15) is 17.0 Å². The molecule has 0 fully saturated rings. The Balaban J connectivity index is 3.10. The third-order valence-corrected chi connectivity index (χ3v) is 3.04. The second-order valence-corrected chi connectivity index (χ2v) is 4.85. The summed E-state index contributed by atoms with van der Waals surface area (Å²) in [5, 5.41) is 11.8. The maximum atomic E-state index is 8.34. The quantitative estimate of drug-likeness (QED) is 0.600. The molecule has 0 radical (unpaired) electrons. The third kappa shape index (κ3) is 9.88. The molecule has 14 heavy (non-hydrogen) atoms. The Labute approximate surface area is 92.5 Å². The lowest BCUT2D eigenvalue weighted by Gasteiger charge is -2.12. The summed E-state index contributed by atoms with van der Waals surface area (Å²) in [6, 6.07) is 2.79. The molecule has 0 aromatic heterocycles. The summed E-state index contributed by atoms with van der Waals surface area (Å²) in [7, 11) is 0. The van der Waals surface area contributed by atoms with E-state index < -0.39 is 0 Å². The van der Waals surface area contributed by atoms with E-state index in [2.05, 4.69) is 25.2 Å². The van der Waals surface area contributed by atoms with E-state index in [1.165, 1.54) is 17.9 Å². The highest BCUT2D eigenvalue weighted by Crippen LogP contribution is 2.03.